The van der Waals surface area contributed by atoms with Gasteiger partial charge in [0.15, 0.2) is 5.82 Å². The molecule has 5 nitrogen and oxygen atoms in total. The SMILES string of the molecule is C#CCn1cc(-c2ccccc2)c(NS(=O)(=O)c2ccccc2)n1. The van der Waals surface area contributed by atoms with E-state index in [-0.39, 0.29) is 17.3 Å². The first kappa shape index (κ1) is 15.8. The summed E-state index contributed by atoms with van der Waals surface area (Å²) in [5.41, 5.74) is 1.52. The zero-order chi connectivity index (χ0) is 17.0. The predicted octanol–water partition coefficient (Wildman–Crippen LogP) is 2.98. The van der Waals surface area contributed by atoms with Gasteiger partial charge in [0.05, 0.1) is 4.90 Å². The topological polar surface area (TPSA) is 64.0 Å². The van der Waals surface area contributed by atoms with Crippen molar-refractivity contribution in [2.45, 2.75) is 11.4 Å². The maximum Gasteiger partial charge on any atom is 0.263 e. The van der Waals surface area contributed by atoms with E-state index in [0.29, 0.717) is 5.56 Å². The Morgan fingerprint density at radius 1 is 1.04 bits per heavy atom. The Hall–Kier alpha value is -3.04. The lowest BCUT2D eigenvalue weighted by Gasteiger charge is -2.07. The van der Waals surface area contributed by atoms with Crippen molar-refractivity contribution in [3.63, 3.8) is 0 Å². The fraction of sp³-hybridized carbons (Fsp3) is 0.0556. The highest BCUT2D eigenvalue weighted by atomic mass is 32.2. The number of aromatic nitrogens is 2. The van der Waals surface area contributed by atoms with Gasteiger partial charge in [-0.15, -0.1) is 6.42 Å². The van der Waals surface area contributed by atoms with Crippen LogP contribution < -0.4 is 4.72 Å². The Kier molecular flexibility index (Phi) is 4.36. The summed E-state index contributed by atoms with van der Waals surface area (Å²) < 4.78 is 29.2. The van der Waals surface area contributed by atoms with Crippen molar-refractivity contribution in [1.29, 1.82) is 0 Å². The van der Waals surface area contributed by atoms with E-state index in [9.17, 15) is 8.42 Å². The van der Waals surface area contributed by atoms with Crippen LogP contribution in [0.2, 0.25) is 0 Å². The fourth-order valence-electron chi connectivity index (χ4n) is 2.29. The van der Waals surface area contributed by atoms with Crippen LogP contribution in [0.25, 0.3) is 11.1 Å². The third-order valence-electron chi connectivity index (χ3n) is 3.38. The number of nitrogens with one attached hydrogen (secondary N) is 1. The van der Waals surface area contributed by atoms with Gasteiger partial charge in [-0.2, -0.15) is 5.10 Å². The van der Waals surface area contributed by atoms with Crippen molar-refractivity contribution in [3.05, 3.63) is 66.9 Å². The minimum absolute atomic E-state index is 0.176. The molecule has 1 aromatic heterocycles. The summed E-state index contributed by atoms with van der Waals surface area (Å²) in [7, 11) is -3.72. The van der Waals surface area contributed by atoms with Crippen LogP contribution in [0.1, 0.15) is 0 Å². The summed E-state index contributed by atoms with van der Waals surface area (Å²) in [5, 5.41) is 4.27. The first-order chi connectivity index (χ1) is 11.6. The molecule has 1 N–H and O–H groups in total. The van der Waals surface area contributed by atoms with Gasteiger partial charge < -0.3 is 0 Å². The second-order valence-electron chi connectivity index (χ2n) is 5.08. The molecule has 0 unspecified atom stereocenters. The lowest BCUT2D eigenvalue weighted by Crippen LogP contribution is -2.14. The van der Waals surface area contributed by atoms with Crippen LogP contribution in [0.4, 0.5) is 5.82 Å². The molecule has 2 aromatic carbocycles. The third kappa shape index (κ3) is 3.31. The molecular formula is C18H15N3O2S. The van der Waals surface area contributed by atoms with Gasteiger partial charge in [0.25, 0.3) is 10.0 Å². The number of hydrogen-bond acceptors (Lipinski definition) is 3. The van der Waals surface area contributed by atoms with Gasteiger partial charge in [0.2, 0.25) is 0 Å². The largest absolute Gasteiger partial charge is 0.263 e. The number of hydrogen-bond donors (Lipinski definition) is 1. The van der Waals surface area contributed by atoms with E-state index in [4.69, 9.17) is 6.42 Å². The highest BCUT2D eigenvalue weighted by molar-refractivity contribution is 7.92. The van der Waals surface area contributed by atoms with Gasteiger partial charge in [-0.1, -0.05) is 54.5 Å². The van der Waals surface area contributed by atoms with Crippen LogP contribution in [-0.4, -0.2) is 18.2 Å². The summed E-state index contributed by atoms with van der Waals surface area (Å²) in [5.74, 6) is 2.74. The van der Waals surface area contributed by atoms with Gasteiger partial charge in [-0.05, 0) is 17.7 Å². The zero-order valence-corrected chi connectivity index (χ0v) is 13.6. The summed E-state index contributed by atoms with van der Waals surface area (Å²) in [6.45, 7) is 0.257. The molecule has 0 saturated carbocycles. The van der Waals surface area contributed by atoms with Gasteiger partial charge in [-0.3, -0.25) is 9.40 Å². The van der Waals surface area contributed by atoms with Crippen LogP contribution in [0.15, 0.2) is 71.8 Å². The van der Waals surface area contributed by atoms with Crippen molar-refractivity contribution in [2.75, 3.05) is 4.72 Å². The quantitative estimate of drug-likeness (QED) is 0.728. The normalized spacial score (nSPS) is 11.0. The standard InChI is InChI=1S/C18H15N3O2S/c1-2-13-21-14-17(15-9-5-3-6-10-15)18(19-21)20-24(22,23)16-11-7-4-8-12-16/h1,3-12,14H,13H2,(H,19,20). The molecule has 0 fully saturated rings. The van der Waals surface area contributed by atoms with Gasteiger partial charge in [0, 0.05) is 11.8 Å². The van der Waals surface area contributed by atoms with E-state index >= 15 is 0 Å². The molecule has 3 aromatic rings. The molecule has 0 amide bonds. The van der Waals surface area contributed by atoms with Crippen molar-refractivity contribution in [2.24, 2.45) is 0 Å². The van der Waals surface area contributed by atoms with Crippen molar-refractivity contribution in [1.82, 2.24) is 9.78 Å². The molecule has 1 heterocycles. The number of rotatable bonds is 5. The highest BCUT2D eigenvalue weighted by Crippen LogP contribution is 2.28. The Bertz CT molecular complexity index is 972. The average Bonchev–Trinajstić information content (AvgIpc) is 2.98. The van der Waals surface area contributed by atoms with Gasteiger partial charge in [0.1, 0.15) is 6.54 Å². The van der Waals surface area contributed by atoms with Gasteiger partial charge in [-0.25, -0.2) is 8.42 Å². The number of sulfonamides is 1. The average molecular weight is 337 g/mol. The molecule has 0 bridgehead atoms. The second-order valence-corrected chi connectivity index (χ2v) is 6.76. The number of nitrogens with zero attached hydrogens (tertiary/aromatic N) is 2. The monoisotopic (exact) mass is 337 g/mol. The zero-order valence-electron chi connectivity index (χ0n) is 12.8. The minimum Gasteiger partial charge on any atom is -0.261 e. The van der Waals surface area contributed by atoms with E-state index in [2.05, 4.69) is 15.7 Å². The van der Waals surface area contributed by atoms with Crippen LogP contribution in [0, 0.1) is 12.3 Å². The lowest BCUT2D eigenvalue weighted by molar-refractivity contribution is 0.600. The Balaban J connectivity index is 2.03. The number of terminal acetylenes is 1. The first-order valence-corrected chi connectivity index (χ1v) is 8.73. The molecule has 0 saturated heterocycles. The van der Waals surface area contributed by atoms with Crippen LogP contribution in [0.3, 0.4) is 0 Å². The number of benzene rings is 2. The second kappa shape index (κ2) is 6.60. The molecule has 0 aliphatic heterocycles. The summed E-state index contributed by atoms with van der Waals surface area (Å²) >= 11 is 0. The maximum atomic E-state index is 12.6. The van der Waals surface area contributed by atoms with Crippen molar-refractivity contribution >= 4 is 15.8 Å². The third-order valence-corrected chi connectivity index (χ3v) is 4.74. The Morgan fingerprint density at radius 2 is 1.67 bits per heavy atom. The molecule has 0 aliphatic rings. The molecule has 3 rings (SSSR count). The number of anilines is 1. The molecule has 0 spiro atoms. The van der Waals surface area contributed by atoms with Crippen molar-refractivity contribution < 1.29 is 8.42 Å². The highest BCUT2D eigenvalue weighted by Gasteiger charge is 2.19. The lowest BCUT2D eigenvalue weighted by atomic mass is 10.1. The van der Waals surface area contributed by atoms with E-state index < -0.39 is 10.0 Å². The van der Waals surface area contributed by atoms with E-state index in [1.807, 2.05) is 30.3 Å². The molecule has 0 aliphatic carbocycles. The Morgan fingerprint density at radius 3 is 2.29 bits per heavy atom. The molecule has 0 radical (unpaired) electrons. The maximum absolute atomic E-state index is 12.6. The predicted molar refractivity (Wildman–Crippen MR) is 93.7 cm³/mol. The molecule has 6 heteroatoms. The van der Waals surface area contributed by atoms with Crippen molar-refractivity contribution in [3.8, 4) is 23.5 Å². The van der Waals surface area contributed by atoms with E-state index in [1.54, 1.807) is 24.4 Å². The fourth-order valence-corrected chi connectivity index (χ4v) is 3.32. The molecule has 24 heavy (non-hydrogen) atoms. The summed E-state index contributed by atoms with van der Waals surface area (Å²) in [4.78, 5) is 0.176. The smallest absolute Gasteiger partial charge is 0.261 e. The molecule has 120 valence electrons. The van der Waals surface area contributed by atoms with Crippen LogP contribution in [-0.2, 0) is 16.6 Å². The molecular weight excluding hydrogens is 322 g/mol. The van der Waals surface area contributed by atoms with E-state index in [1.165, 1.54) is 16.8 Å². The van der Waals surface area contributed by atoms with Crippen LogP contribution >= 0.6 is 0 Å². The summed E-state index contributed by atoms with van der Waals surface area (Å²) in [6, 6.07) is 17.6. The van der Waals surface area contributed by atoms with Crippen LogP contribution in [0.5, 0.6) is 0 Å². The minimum atomic E-state index is -3.72. The van der Waals surface area contributed by atoms with E-state index in [0.717, 1.165) is 5.56 Å². The molecule has 0 atom stereocenters. The Labute approximate surface area is 141 Å². The first-order valence-electron chi connectivity index (χ1n) is 7.24. The van der Waals surface area contributed by atoms with Gasteiger partial charge >= 0.3 is 0 Å². The summed E-state index contributed by atoms with van der Waals surface area (Å²) in [6.07, 6.45) is 7.06.